The van der Waals surface area contributed by atoms with Crippen LogP contribution in [-0.4, -0.2) is 5.11 Å². The van der Waals surface area contributed by atoms with Gasteiger partial charge in [-0.2, -0.15) is 0 Å². The van der Waals surface area contributed by atoms with E-state index in [1.54, 1.807) is 24.3 Å². The zero-order valence-electron chi connectivity index (χ0n) is 5.15. The third-order valence-corrected chi connectivity index (χ3v) is 0.756. The maximum Gasteiger partial charge on any atom is 0.115 e. The molecule has 0 fully saturated rings. The van der Waals surface area contributed by atoms with E-state index in [-0.39, 0.29) is 46.5 Å². The topological polar surface area (TPSA) is 20.2 Å². The zero-order chi connectivity index (χ0) is 5.11. The van der Waals surface area contributed by atoms with E-state index in [0.29, 0.717) is 5.75 Å². The summed E-state index contributed by atoms with van der Waals surface area (Å²) in [5, 5.41) is 8.63. The minimum atomic E-state index is 0. The molecule has 56 valence electrons. The van der Waals surface area contributed by atoms with Crippen molar-refractivity contribution in [2.75, 3.05) is 0 Å². The summed E-state index contributed by atoms with van der Waals surface area (Å²) >= 11 is 0. The number of aromatic hydroxyl groups is 1. The number of phenols is 1. The van der Waals surface area contributed by atoms with Crippen molar-refractivity contribution in [1.82, 2.24) is 0 Å². The van der Waals surface area contributed by atoms with Crippen molar-refractivity contribution < 1.29 is 26.8 Å². The summed E-state index contributed by atoms with van der Waals surface area (Å²) in [6.45, 7) is 0. The van der Waals surface area contributed by atoms with Crippen molar-refractivity contribution in [2.24, 2.45) is 0 Å². The average Bonchev–Trinajstić information content (AvgIpc) is 1.69. The van der Waals surface area contributed by atoms with Crippen LogP contribution in [0.1, 0.15) is 0 Å². The van der Waals surface area contributed by atoms with Gasteiger partial charge in [0.2, 0.25) is 0 Å². The molecule has 1 nitrogen and oxygen atoms in total. The first-order chi connectivity index (χ1) is 3.39. The SMILES string of the molecule is Cl.Cl.Oc1ccccc1.[Ti]. The summed E-state index contributed by atoms with van der Waals surface area (Å²) < 4.78 is 0. The second-order valence-electron chi connectivity index (χ2n) is 1.34. The van der Waals surface area contributed by atoms with Crippen molar-refractivity contribution in [3.8, 4) is 5.75 Å². The van der Waals surface area contributed by atoms with Gasteiger partial charge in [0.25, 0.3) is 0 Å². The maximum atomic E-state index is 8.63. The van der Waals surface area contributed by atoms with Crippen molar-refractivity contribution >= 4 is 24.8 Å². The molecule has 0 unspecified atom stereocenters. The van der Waals surface area contributed by atoms with E-state index in [9.17, 15) is 0 Å². The molecule has 0 amide bonds. The van der Waals surface area contributed by atoms with Gasteiger partial charge in [0.05, 0.1) is 0 Å². The Morgan fingerprint density at radius 1 is 0.900 bits per heavy atom. The van der Waals surface area contributed by atoms with Crippen LogP contribution in [0, 0.1) is 0 Å². The van der Waals surface area contributed by atoms with Crippen LogP contribution in [0.2, 0.25) is 0 Å². The van der Waals surface area contributed by atoms with Gasteiger partial charge in [-0.1, -0.05) is 18.2 Å². The third-order valence-electron chi connectivity index (χ3n) is 0.756. The Morgan fingerprint density at radius 2 is 1.30 bits per heavy atom. The Labute approximate surface area is 87.5 Å². The van der Waals surface area contributed by atoms with Gasteiger partial charge in [-0.25, -0.2) is 0 Å². The number of benzene rings is 1. The van der Waals surface area contributed by atoms with Gasteiger partial charge in [0.1, 0.15) is 5.75 Å². The molecule has 10 heavy (non-hydrogen) atoms. The first-order valence-corrected chi connectivity index (χ1v) is 2.13. The molecule has 0 bridgehead atoms. The van der Waals surface area contributed by atoms with Crippen LogP contribution in [0.5, 0.6) is 5.75 Å². The summed E-state index contributed by atoms with van der Waals surface area (Å²) in [6, 6.07) is 8.71. The van der Waals surface area contributed by atoms with Crippen LogP contribution in [0.15, 0.2) is 30.3 Å². The molecular weight excluding hydrogens is 207 g/mol. The molecule has 1 aromatic carbocycles. The predicted molar refractivity (Wildman–Crippen MR) is 42.6 cm³/mol. The standard InChI is InChI=1S/C6H6O.2ClH.Ti/c7-6-4-2-1-3-5-6;;;/h1-5,7H;2*1H;. The Morgan fingerprint density at radius 3 is 1.50 bits per heavy atom. The average molecular weight is 215 g/mol. The van der Waals surface area contributed by atoms with Gasteiger partial charge in [-0.3, -0.25) is 0 Å². The van der Waals surface area contributed by atoms with Crippen LogP contribution in [-0.2, 0) is 21.7 Å². The van der Waals surface area contributed by atoms with Crippen LogP contribution in [0.4, 0.5) is 0 Å². The van der Waals surface area contributed by atoms with Crippen molar-refractivity contribution in [3.05, 3.63) is 30.3 Å². The van der Waals surface area contributed by atoms with Gasteiger partial charge < -0.3 is 5.11 Å². The van der Waals surface area contributed by atoms with Gasteiger partial charge in [0.15, 0.2) is 0 Å². The smallest absolute Gasteiger partial charge is 0.115 e. The fraction of sp³-hybridized carbons (Fsp3) is 0. The third kappa shape index (κ3) is 6.43. The quantitative estimate of drug-likeness (QED) is 0.657. The van der Waals surface area contributed by atoms with Crippen molar-refractivity contribution in [1.29, 1.82) is 0 Å². The van der Waals surface area contributed by atoms with E-state index in [1.807, 2.05) is 6.07 Å². The number of para-hydroxylation sites is 1. The molecule has 0 saturated heterocycles. The molecule has 1 aromatic rings. The fourth-order valence-electron chi connectivity index (χ4n) is 0.428. The van der Waals surface area contributed by atoms with Crippen LogP contribution in [0.25, 0.3) is 0 Å². The molecule has 1 N–H and O–H groups in total. The Kier molecular flexibility index (Phi) is 15.6. The molecule has 0 heterocycles. The number of phenolic OH excluding ortho intramolecular Hbond substituents is 1. The number of hydrogen-bond donors (Lipinski definition) is 1. The Bertz CT molecular complexity index is 146. The first-order valence-electron chi connectivity index (χ1n) is 2.13. The summed E-state index contributed by atoms with van der Waals surface area (Å²) in [5.41, 5.74) is 0. The first kappa shape index (κ1) is 16.7. The summed E-state index contributed by atoms with van der Waals surface area (Å²) in [6.07, 6.45) is 0. The van der Waals surface area contributed by atoms with E-state index in [0.717, 1.165) is 0 Å². The van der Waals surface area contributed by atoms with Gasteiger partial charge in [-0.15, -0.1) is 24.8 Å². The minimum Gasteiger partial charge on any atom is -0.508 e. The van der Waals surface area contributed by atoms with E-state index < -0.39 is 0 Å². The molecule has 0 aromatic heterocycles. The van der Waals surface area contributed by atoms with E-state index in [2.05, 4.69) is 0 Å². The maximum absolute atomic E-state index is 8.63. The second-order valence-corrected chi connectivity index (χ2v) is 1.34. The fourth-order valence-corrected chi connectivity index (χ4v) is 0.428. The summed E-state index contributed by atoms with van der Waals surface area (Å²) in [7, 11) is 0. The molecule has 0 atom stereocenters. The van der Waals surface area contributed by atoms with E-state index >= 15 is 0 Å². The van der Waals surface area contributed by atoms with Crippen molar-refractivity contribution in [3.63, 3.8) is 0 Å². The number of hydrogen-bond acceptors (Lipinski definition) is 1. The predicted octanol–water partition coefficient (Wildman–Crippen LogP) is 2.23. The molecule has 0 spiro atoms. The molecule has 4 heteroatoms. The molecular formula is C6H8Cl2OTi. The van der Waals surface area contributed by atoms with E-state index in [4.69, 9.17) is 5.11 Å². The molecule has 0 saturated carbocycles. The molecule has 0 radical (unpaired) electrons. The largest absolute Gasteiger partial charge is 0.508 e. The number of rotatable bonds is 0. The summed E-state index contributed by atoms with van der Waals surface area (Å²) in [4.78, 5) is 0. The van der Waals surface area contributed by atoms with Crippen molar-refractivity contribution in [2.45, 2.75) is 0 Å². The van der Waals surface area contributed by atoms with Gasteiger partial charge in [-0.05, 0) is 12.1 Å². The molecule has 1 rings (SSSR count). The van der Waals surface area contributed by atoms with Crippen LogP contribution >= 0.6 is 24.8 Å². The summed E-state index contributed by atoms with van der Waals surface area (Å²) in [5.74, 6) is 0.322. The zero-order valence-corrected chi connectivity index (χ0v) is 8.35. The molecule has 0 aliphatic rings. The van der Waals surface area contributed by atoms with Gasteiger partial charge in [0, 0.05) is 21.7 Å². The normalized spacial score (nSPS) is 6.00. The van der Waals surface area contributed by atoms with E-state index in [1.165, 1.54) is 0 Å². The Balaban J connectivity index is -0.000000163. The second kappa shape index (κ2) is 9.31. The molecule has 0 aliphatic carbocycles. The monoisotopic (exact) mass is 214 g/mol. The van der Waals surface area contributed by atoms with Gasteiger partial charge >= 0.3 is 0 Å². The minimum absolute atomic E-state index is 0. The van der Waals surface area contributed by atoms with Crippen LogP contribution in [0.3, 0.4) is 0 Å². The Hall–Kier alpha value is 0.314. The molecule has 0 aliphatic heterocycles. The van der Waals surface area contributed by atoms with Crippen LogP contribution < -0.4 is 0 Å². The number of halogens is 2.